The van der Waals surface area contributed by atoms with Gasteiger partial charge in [0.1, 0.15) is 0 Å². The van der Waals surface area contributed by atoms with Crippen molar-refractivity contribution in [2.24, 2.45) is 0 Å². The summed E-state index contributed by atoms with van der Waals surface area (Å²) in [4.78, 5) is 26.3. The van der Waals surface area contributed by atoms with Gasteiger partial charge in [-0.15, -0.1) is 0 Å². The van der Waals surface area contributed by atoms with Crippen molar-refractivity contribution in [1.82, 2.24) is 9.80 Å². The lowest BCUT2D eigenvalue weighted by Crippen LogP contribution is -2.52. The molecule has 0 bridgehead atoms. The summed E-state index contributed by atoms with van der Waals surface area (Å²) in [5.74, 6) is -0.911. The molecule has 5 nitrogen and oxygen atoms in total. The first-order valence-electron chi connectivity index (χ1n) is 5.56. The SMILES string of the molecule is CN1CCN(Cc2cc(N)cc(Br)c2)C(=O)C1=O. The van der Waals surface area contributed by atoms with E-state index in [2.05, 4.69) is 15.9 Å². The van der Waals surface area contributed by atoms with Crippen LogP contribution in [0.4, 0.5) is 5.69 Å². The van der Waals surface area contributed by atoms with Crippen LogP contribution in [0.15, 0.2) is 22.7 Å². The summed E-state index contributed by atoms with van der Waals surface area (Å²) in [5.41, 5.74) is 7.28. The van der Waals surface area contributed by atoms with Gasteiger partial charge in [-0.1, -0.05) is 15.9 Å². The van der Waals surface area contributed by atoms with Gasteiger partial charge in [0.15, 0.2) is 0 Å². The van der Waals surface area contributed by atoms with Gasteiger partial charge in [0.25, 0.3) is 0 Å². The van der Waals surface area contributed by atoms with Crippen LogP contribution in [-0.4, -0.2) is 41.8 Å². The Bertz CT molecular complexity index is 484. The molecule has 0 saturated carbocycles. The highest BCUT2D eigenvalue weighted by Gasteiger charge is 2.30. The van der Waals surface area contributed by atoms with Crippen LogP contribution in [-0.2, 0) is 16.1 Å². The van der Waals surface area contributed by atoms with Crippen LogP contribution in [0.25, 0.3) is 0 Å². The molecule has 1 fully saturated rings. The van der Waals surface area contributed by atoms with Crippen LogP contribution in [0.5, 0.6) is 0 Å². The Morgan fingerprint density at radius 3 is 2.61 bits per heavy atom. The number of nitrogens with zero attached hydrogens (tertiary/aromatic N) is 2. The van der Waals surface area contributed by atoms with Gasteiger partial charge in [0, 0.05) is 36.8 Å². The molecule has 1 aliphatic rings. The van der Waals surface area contributed by atoms with E-state index >= 15 is 0 Å². The minimum absolute atomic E-state index is 0.405. The largest absolute Gasteiger partial charge is 0.399 e. The molecule has 2 amide bonds. The van der Waals surface area contributed by atoms with Crippen molar-refractivity contribution in [1.29, 1.82) is 0 Å². The zero-order chi connectivity index (χ0) is 13.3. The average Bonchev–Trinajstić information content (AvgIpc) is 2.29. The van der Waals surface area contributed by atoms with E-state index in [1.54, 1.807) is 24.1 Å². The summed E-state index contributed by atoms with van der Waals surface area (Å²) >= 11 is 3.36. The zero-order valence-corrected chi connectivity index (χ0v) is 11.6. The van der Waals surface area contributed by atoms with Crippen molar-refractivity contribution in [3.05, 3.63) is 28.2 Å². The predicted octanol–water partition coefficient (Wildman–Crippen LogP) is 0.832. The fourth-order valence-electron chi connectivity index (χ4n) is 1.91. The highest BCUT2D eigenvalue weighted by Crippen LogP contribution is 2.19. The maximum Gasteiger partial charge on any atom is 0.312 e. The number of hydrogen-bond acceptors (Lipinski definition) is 3. The predicted molar refractivity (Wildman–Crippen MR) is 71.6 cm³/mol. The molecule has 6 heteroatoms. The van der Waals surface area contributed by atoms with Crippen LogP contribution >= 0.6 is 15.9 Å². The fraction of sp³-hybridized carbons (Fsp3) is 0.333. The van der Waals surface area contributed by atoms with Crippen molar-refractivity contribution < 1.29 is 9.59 Å². The van der Waals surface area contributed by atoms with E-state index in [-0.39, 0.29) is 0 Å². The lowest BCUT2D eigenvalue weighted by atomic mass is 10.1. The Kier molecular flexibility index (Phi) is 3.56. The number of hydrogen-bond donors (Lipinski definition) is 1. The van der Waals surface area contributed by atoms with Gasteiger partial charge < -0.3 is 15.5 Å². The van der Waals surface area contributed by atoms with E-state index in [0.29, 0.717) is 25.3 Å². The van der Waals surface area contributed by atoms with E-state index < -0.39 is 11.8 Å². The number of carbonyl (C=O) groups excluding carboxylic acids is 2. The van der Waals surface area contributed by atoms with Gasteiger partial charge in [-0.25, -0.2) is 0 Å². The molecule has 18 heavy (non-hydrogen) atoms. The molecule has 0 unspecified atom stereocenters. The number of likely N-dealkylation sites (N-methyl/N-ethyl adjacent to an activating group) is 1. The minimum atomic E-state index is -0.456. The molecule has 0 aliphatic carbocycles. The van der Waals surface area contributed by atoms with E-state index in [1.165, 1.54) is 4.90 Å². The summed E-state index contributed by atoms with van der Waals surface area (Å²) < 4.78 is 0.866. The Morgan fingerprint density at radius 2 is 1.94 bits per heavy atom. The molecule has 0 radical (unpaired) electrons. The van der Waals surface area contributed by atoms with Gasteiger partial charge in [-0.05, 0) is 23.8 Å². The summed E-state index contributed by atoms with van der Waals surface area (Å²) in [6.07, 6.45) is 0. The highest BCUT2D eigenvalue weighted by atomic mass is 79.9. The molecular formula is C12H14BrN3O2. The summed E-state index contributed by atoms with van der Waals surface area (Å²) in [6.45, 7) is 1.52. The van der Waals surface area contributed by atoms with Crippen LogP contribution in [0.3, 0.4) is 0 Å². The van der Waals surface area contributed by atoms with Gasteiger partial charge >= 0.3 is 11.8 Å². The first-order chi connectivity index (χ1) is 8.47. The third kappa shape index (κ3) is 2.64. The first kappa shape index (κ1) is 12.9. The van der Waals surface area contributed by atoms with Crippen molar-refractivity contribution >= 4 is 33.4 Å². The second kappa shape index (κ2) is 4.97. The Balaban J connectivity index is 2.14. The molecule has 0 atom stereocenters. The van der Waals surface area contributed by atoms with E-state index in [0.717, 1.165) is 10.0 Å². The number of nitrogens with two attached hydrogens (primary N) is 1. The average molecular weight is 312 g/mol. The molecule has 1 saturated heterocycles. The van der Waals surface area contributed by atoms with Crippen molar-refractivity contribution in [3.8, 4) is 0 Å². The van der Waals surface area contributed by atoms with Crippen LogP contribution in [0, 0.1) is 0 Å². The van der Waals surface area contributed by atoms with Crippen molar-refractivity contribution in [3.63, 3.8) is 0 Å². The van der Waals surface area contributed by atoms with E-state index in [9.17, 15) is 9.59 Å². The lowest BCUT2D eigenvalue weighted by Gasteiger charge is -2.31. The quantitative estimate of drug-likeness (QED) is 0.650. The lowest BCUT2D eigenvalue weighted by molar-refractivity contribution is -0.155. The second-order valence-electron chi connectivity index (χ2n) is 4.35. The van der Waals surface area contributed by atoms with Crippen molar-refractivity contribution in [2.75, 3.05) is 25.9 Å². The molecule has 96 valence electrons. The van der Waals surface area contributed by atoms with Gasteiger partial charge in [-0.2, -0.15) is 0 Å². The number of anilines is 1. The number of carbonyl (C=O) groups is 2. The number of rotatable bonds is 2. The molecule has 1 aliphatic heterocycles. The van der Waals surface area contributed by atoms with Gasteiger partial charge in [-0.3, -0.25) is 9.59 Å². The molecule has 1 aromatic carbocycles. The topological polar surface area (TPSA) is 66.6 Å². The molecule has 0 spiro atoms. The maximum atomic E-state index is 11.8. The monoisotopic (exact) mass is 311 g/mol. The van der Waals surface area contributed by atoms with E-state index in [1.807, 2.05) is 6.07 Å². The normalized spacial score (nSPS) is 16.3. The highest BCUT2D eigenvalue weighted by molar-refractivity contribution is 9.10. The molecule has 0 aromatic heterocycles. The zero-order valence-electron chi connectivity index (χ0n) is 10.0. The third-order valence-electron chi connectivity index (χ3n) is 2.88. The standard InChI is InChI=1S/C12H14BrN3O2/c1-15-2-3-16(12(18)11(15)17)7-8-4-9(13)6-10(14)5-8/h4-6H,2-3,7,14H2,1H3. The van der Waals surface area contributed by atoms with Crippen LogP contribution < -0.4 is 5.73 Å². The van der Waals surface area contributed by atoms with Crippen LogP contribution in [0.1, 0.15) is 5.56 Å². The Morgan fingerprint density at radius 1 is 1.22 bits per heavy atom. The smallest absolute Gasteiger partial charge is 0.312 e. The second-order valence-corrected chi connectivity index (χ2v) is 5.26. The van der Waals surface area contributed by atoms with E-state index in [4.69, 9.17) is 5.73 Å². The summed E-state index contributed by atoms with van der Waals surface area (Å²) in [5, 5.41) is 0. The summed E-state index contributed by atoms with van der Waals surface area (Å²) in [6, 6.07) is 5.49. The number of piperazine rings is 1. The van der Waals surface area contributed by atoms with Gasteiger partial charge in [0.2, 0.25) is 0 Å². The van der Waals surface area contributed by atoms with Crippen LogP contribution in [0.2, 0.25) is 0 Å². The molecule has 1 aromatic rings. The Hall–Kier alpha value is -1.56. The Labute approximate surface area is 114 Å². The van der Waals surface area contributed by atoms with Crippen molar-refractivity contribution in [2.45, 2.75) is 6.54 Å². The molecule has 1 heterocycles. The molecular weight excluding hydrogens is 298 g/mol. The van der Waals surface area contributed by atoms with Gasteiger partial charge in [0.05, 0.1) is 0 Å². The molecule has 2 rings (SSSR count). The minimum Gasteiger partial charge on any atom is -0.399 e. The summed E-state index contributed by atoms with van der Waals surface area (Å²) in [7, 11) is 1.63. The first-order valence-corrected chi connectivity index (χ1v) is 6.36. The fourth-order valence-corrected chi connectivity index (χ4v) is 2.47. The number of halogens is 1. The molecule has 2 N–H and O–H groups in total. The number of benzene rings is 1. The third-order valence-corrected chi connectivity index (χ3v) is 3.33. The number of amides is 2. The number of nitrogen functional groups attached to an aromatic ring is 1. The maximum absolute atomic E-state index is 11.8.